The molecule has 1 saturated heterocycles. The molecular weight excluding hydrogens is 314 g/mol. The van der Waals surface area contributed by atoms with Crippen molar-refractivity contribution in [1.29, 1.82) is 0 Å². The van der Waals surface area contributed by atoms with Crippen molar-refractivity contribution in [2.75, 3.05) is 6.54 Å². The van der Waals surface area contributed by atoms with Gasteiger partial charge in [-0.15, -0.1) is 11.3 Å². The van der Waals surface area contributed by atoms with Crippen LogP contribution in [0.2, 0.25) is 0 Å². The molecule has 3 heterocycles. The van der Waals surface area contributed by atoms with E-state index in [0.717, 1.165) is 30.7 Å². The zero-order chi connectivity index (χ0) is 15.4. The zero-order valence-electron chi connectivity index (χ0n) is 12.4. The molecule has 2 aromatic heterocycles. The molecule has 0 saturated carbocycles. The van der Waals surface area contributed by atoms with E-state index in [9.17, 15) is 9.59 Å². The Hall–Kier alpha value is -1.46. The Morgan fingerprint density at radius 2 is 2.18 bits per heavy atom. The van der Waals surface area contributed by atoms with Crippen LogP contribution in [0.15, 0.2) is 34.3 Å². The molecule has 1 fully saturated rings. The van der Waals surface area contributed by atoms with E-state index in [0.29, 0.717) is 12.8 Å². The van der Waals surface area contributed by atoms with E-state index in [1.54, 1.807) is 11.3 Å². The van der Waals surface area contributed by atoms with E-state index < -0.39 is 0 Å². The fourth-order valence-corrected chi connectivity index (χ4v) is 4.34. The molecule has 22 heavy (non-hydrogen) atoms. The monoisotopic (exact) mass is 333 g/mol. The predicted octanol–water partition coefficient (Wildman–Crippen LogP) is 4.01. The van der Waals surface area contributed by atoms with E-state index in [-0.39, 0.29) is 17.7 Å². The van der Waals surface area contributed by atoms with Crippen molar-refractivity contribution in [3.63, 3.8) is 0 Å². The molecule has 0 aliphatic carbocycles. The molecule has 0 unspecified atom stereocenters. The van der Waals surface area contributed by atoms with Crippen molar-refractivity contribution in [2.24, 2.45) is 0 Å². The minimum atomic E-state index is 0.0876. The number of ketones is 1. The molecule has 0 spiro atoms. The number of carbonyl (C=O) groups is 2. The van der Waals surface area contributed by atoms with Gasteiger partial charge in [0.15, 0.2) is 5.78 Å². The third-order valence-electron chi connectivity index (χ3n) is 4.12. The molecule has 0 N–H and O–H groups in total. The second-order valence-electron chi connectivity index (χ2n) is 5.62. The molecular formula is C17H19NO2S2. The first-order valence-electron chi connectivity index (χ1n) is 7.61. The SMILES string of the molecule is O=C(C[C@H]1CCCN1C(=O)CCc1ccsc1)c1cccs1. The summed E-state index contributed by atoms with van der Waals surface area (Å²) in [6.07, 6.45) is 3.75. The lowest BCUT2D eigenvalue weighted by atomic mass is 10.1. The van der Waals surface area contributed by atoms with E-state index in [1.807, 2.05) is 27.8 Å². The third kappa shape index (κ3) is 3.65. The first-order chi connectivity index (χ1) is 10.7. The second-order valence-corrected chi connectivity index (χ2v) is 7.35. The summed E-state index contributed by atoms with van der Waals surface area (Å²) in [4.78, 5) is 27.4. The van der Waals surface area contributed by atoms with Gasteiger partial charge in [0, 0.05) is 25.4 Å². The van der Waals surface area contributed by atoms with Crippen molar-refractivity contribution in [2.45, 2.75) is 38.1 Å². The summed E-state index contributed by atoms with van der Waals surface area (Å²) in [6, 6.07) is 5.92. The molecule has 0 bridgehead atoms. The average Bonchev–Trinajstić information content (AvgIpc) is 3.25. The molecule has 1 aliphatic rings. The first-order valence-corrected chi connectivity index (χ1v) is 9.43. The fraction of sp³-hybridized carbons (Fsp3) is 0.412. The van der Waals surface area contributed by atoms with Crippen LogP contribution >= 0.6 is 22.7 Å². The third-order valence-corrected chi connectivity index (χ3v) is 5.77. The lowest BCUT2D eigenvalue weighted by Gasteiger charge is -2.24. The lowest BCUT2D eigenvalue weighted by Crippen LogP contribution is -2.36. The summed E-state index contributed by atoms with van der Waals surface area (Å²) in [5, 5.41) is 6.05. The quantitative estimate of drug-likeness (QED) is 0.749. The normalized spacial score (nSPS) is 17.8. The van der Waals surface area contributed by atoms with Crippen LogP contribution in [0.5, 0.6) is 0 Å². The van der Waals surface area contributed by atoms with Crippen LogP contribution in [-0.2, 0) is 11.2 Å². The number of thiophene rings is 2. The van der Waals surface area contributed by atoms with Crippen molar-refractivity contribution >= 4 is 34.4 Å². The van der Waals surface area contributed by atoms with Crippen LogP contribution < -0.4 is 0 Å². The van der Waals surface area contributed by atoms with Crippen LogP contribution in [0.25, 0.3) is 0 Å². The van der Waals surface area contributed by atoms with Crippen LogP contribution in [0.1, 0.15) is 40.9 Å². The maximum Gasteiger partial charge on any atom is 0.223 e. The topological polar surface area (TPSA) is 37.4 Å². The molecule has 0 aromatic carbocycles. The van der Waals surface area contributed by atoms with Crippen LogP contribution in [0.3, 0.4) is 0 Å². The predicted molar refractivity (Wildman–Crippen MR) is 90.6 cm³/mol. The van der Waals surface area contributed by atoms with Gasteiger partial charge in [-0.3, -0.25) is 9.59 Å². The van der Waals surface area contributed by atoms with Gasteiger partial charge in [-0.2, -0.15) is 11.3 Å². The largest absolute Gasteiger partial charge is 0.339 e. The minimum Gasteiger partial charge on any atom is -0.339 e. The molecule has 3 nitrogen and oxygen atoms in total. The Labute approximate surface area is 138 Å². The summed E-state index contributed by atoms with van der Waals surface area (Å²) in [5.74, 6) is 0.352. The van der Waals surface area contributed by atoms with E-state index in [2.05, 4.69) is 11.4 Å². The average molecular weight is 333 g/mol. The van der Waals surface area contributed by atoms with Crippen molar-refractivity contribution in [3.05, 3.63) is 44.8 Å². The number of rotatable bonds is 6. The Balaban J connectivity index is 1.55. The molecule has 1 amide bonds. The maximum atomic E-state index is 12.4. The summed E-state index contributed by atoms with van der Waals surface area (Å²) >= 11 is 3.14. The molecule has 116 valence electrons. The standard InChI is InChI=1S/C17H19NO2S2/c19-15(16-4-2-9-22-16)11-14-3-1-8-18(14)17(20)6-5-13-7-10-21-12-13/h2,4,7,9-10,12,14H,1,3,5-6,8,11H2/t14-/m1/s1. The summed E-state index contributed by atoms with van der Waals surface area (Å²) in [5.41, 5.74) is 1.23. The smallest absolute Gasteiger partial charge is 0.223 e. The summed E-state index contributed by atoms with van der Waals surface area (Å²) in [7, 11) is 0. The Morgan fingerprint density at radius 1 is 1.27 bits per heavy atom. The highest BCUT2D eigenvalue weighted by Crippen LogP contribution is 2.24. The molecule has 5 heteroatoms. The number of likely N-dealkylation sites (tertiary alicyclic amines) is 1. The number of nitrogens with zero attached hydrogens (tertiary/aromatic N) is 1. The lowest BCUT2D eigenvalue weighted by molar-refractivity contribution is -0.131. The van der Waals surface area contributed by atoms with Gasteiger partial charge in [0.1, 0.15) is 0 Å². The van der Waals surface area contributed by atoms with Gasteiger partial charge in [0.2, 0.25) is 5.91 Å². The molecule has 3 rings (SSSR count). The van der Waals surface area contributed by atoms with E-state index >= 15 is 0 Å². The zero-order valence-corrected chi connectivity index (χ0v) is 14.0. The Kier molecular flexibility index (Phi) is 5.05. The number of amides is 1. The van der Waals surface area contributed by atoms with Gasteiger partial charge >= 0.3 is 0 Å². The number of hydrogen-bond donors (Lipinski definition) is 0. The molecule has 1 atom stereocenters. The summed E-state index contributed by atoms with van der Waals surface area (Å²) < 4.78 is 0. The highest BCUT2D eigenvalue weighted by molar-refractivity contribution is 7.12. The Morgan fingerprint density at radius 3 is 2.91 bits per heavy atom. The number of hydrogen-bond acceptors (Lipinski definition) is 4. The van der Waals surface area contributed by atoms with Gasteiger partial charge in [-0.1, -0.05) is 6.07 Å². The van der Waals surface area contributed by atoms with E-state index in [4.69, 9.17) is 0 Å². The number of aryl methyl sites for hydroxylation is 1. The first kappa shape index (κ1) is 15.4. The molecule has 2 aromatic rings. The highest BCUT2D eigenvalue weighted by atomic mass is 32.1. The maximum absolute atomic E-state index is 12.4. The van der Waals surface area contributed by atoms with Crippen LogP contribution in [0.4, 0.5) is 0 Å². The van der Waals surface area contributed by atoms with Gasteiger partial charge < -0.3 is 4.90 Å². The molecule has 0 radical (unpaired) electrons. The fourth-order valence-electron chi connectivity index (χ4n) is 2.96. The van der Waals surface area contributed by atoms with Crippen LogP contribution in [-0.4, -0.2) is 29.2 Å². The number of Topliss-reactive ketones (excluding diaryl/α,β-unsaturated/α-hetero) is 1. The van der Waals surface area contributed by atoms with Crippen molar-refractivity contribution in [3.8, 4) is 0 Å². The van der Waals surface area contributed by atoms with Gasteiger partial charge in [-0.05, 0) is 53.1 Å². The van der Waals surface area contributed by atoms with Gasteiger partial charge in [0.25, 0.3) is 0 Å². The number of carbonyl (C=O) groups excluding carboxylic acids is 2. The van der Waals surface area contributed by atoms with Gasteiger partial charge in [0.05, 0.1) is 4.88 Å². The summed E-state index contributed by atoms with van der Waals surface area (Å²) in [6.45, 7) is 0.796. The second kappa shape index (κ2) is 7.20. The van der Waals surface area contributed by atoms with E-state index in [1.165, 1.54) is 16.9 Å². The highest BCUT2D eigenvalue weighted by Gasteiger charge is 2.30. The Bertz CT molecular complexity index is 619. The molecule has 1 aliphatic heterocycles. The van der Waals surface area contributed by atoms with Crippen molar-refractivity contribution < 1.29 is 9.59 Å². The van der Waals surface area contributed by atoms with Crippen molar-refractivity contribution in [1.82, 2.24) is 4.90 Å². The van der Waals surface area contributed by atoms with Gasteiger partial charge in [-0.25, -0.2) is 0 Å². The minimum absolute atomic E-state index is 0.0876. The van der Waals surface area contributed by atoms with Crippen LogP contribution in [0, 0.1) is 0 Å².